The third kappa shape index (κ3) is 3.83. The van der Waals surface area contributed by atoms with Crippen molar-refractivity contribution in [3.63, 3.8) is 0 Å². The molecule has 1 aliphatic carbocycles. The van der Waals surface area contributed by atoms with E-state index in [1.807, 2.05) is 7.05 Å². The molecule has 2 aliphatic rings. The van der Waals surface area contributed by atoms with E-state index in [1.54, 1.807) is 0 Å². The van der Waals surface area contributed by atoms with Crippen molar-refractivity contribution in [2.24, 2.45) is 5.92 Å². The van der Waals surface area contributed by atoms with Gasteiger partial charge in [0.25, 0.3) is 0 Å². The number of likely N-dealkylation sites (tertiary alicyclic amines) is 1. The van der Waals surface area contributed by atoms with Crippen molar-refractivity contribution >= 4 is 12.0 Å². The molecule has 0 aromatic heterocycles. The summed E-state index contributed by atoms with van der Waals surface area (Å²) in [5, 5.41) is 14.9. The fourth-order valence-electron chi connectivity index (χ4n) is 3.05. The molecule has 1 saturated heterocycles. The summed E-state index contributed by atoms with van der Waals surface area (Å²) in [5.41, 5.74) is 0. The van der Waals surface area contributed by atoms with Crippen LogP contribution in [0.3, 0.4) is 0 Å². The maximum absolute atomic E-state index is 11.9. The molecular weight excluding hydrogens is 246 g/mol. The molecule has 1 aliphatic heterocycles. The van der Waals surface area contributed by atoms with E-state index in [9.17, 15) is 9.59 Å². The number of nitrogens with zero attached hydrogens (tertiary/aromatic N) is 1. The minimum Gasteiger partial charge on any atom is -0.481 e. The Bertz CT molecular complexity index is 348. The van der Waals surface area contributed by atoms with Crippen molar-refractivity contribution in [1.29, 1.82) is 0 Å². The summed E-state index contributed by atoms with van der Waals surface area (Å²) in [7, 11) is 2.03. The molecule has 0 spiro atoms. The number of carboxylic acids is 1. The van der Waals surface area contributed by atoms with Crippen LogP contribution >= 0.6 is 0 Å². The van der Waals surface area contributed by atoms with E-state index in [0.29, 0.717) is 6.42 Å². The zero-order valence-electron chi connectivity index (χ0n) is 11.4. The Morgan fingerprint density at radius 3 is 2.53 bits per heavy atom. The van der Waals surface area contributed by atoms with Gasteiger partial charge in [0.15, 0.2) is 0 Å². The third-order valence-corrected chi connectivity index (χ3v) is 4.13. The zero-order valence-corrected chi connectivity index (χ0v) is 11.4. The smallest absolute Gasteiger partial charge is 0.315 e. The second kappa shape index (κ2) is 6.23. The number of amides is 2. The van der Waals surface area contributed by atoms with Crippen molar-refractivity contribution in [2.75, 3.05) is 20.1 Å². The van der Waals surface area contributed by atoms with Crippen LogP contribution in [0.15, 0.2) is 0 Å². The van der Waals surface area contributed by atoms with Crippen molar-refractivity contribution in [2.45, 2.75) is 44.2 Å². The lowest BCUT2D eigenvalue weighted by Crippen LogP contribution is -2.51. The van der Waals surface area contributed by atoms with E-state index in [1.165, 1.54) is 0 Å². The Morgan fingerprint density at radius 2 is 1.89 bits per heavy atom. The quantitative estimate of drug-likeness (QED) is 0.702. The molecule has 1 heterocycles. The van der Waals surface area contributed by atoms with Gasteiger partial charge < -0.3 is 20.6 Å². The number of hydrogen-bond acceptors (Lipinski definition) is 3. The Kier molecular flexibility index (Phi) is 4.63. The molecule has 0 bridgehead atoms. The SMILES string of the molecule is CN1CCC(NC(=O)NC2CCCCC2C(=O)O)C1. The van der Waals surface area contributed by atoms with Gasteiger partial charge in [0.05, 0.1) is 5.92 Å². The average Bonchev–Trinajstić information content (AvgIpc) is 2.75. The summed E-state index contributed by atoms with van der Waals surface area (Å²) in [6.45, 7) is 1.85. The van der Waals surface area contributed by atoms with E-state index in [-0.39, 0.29) is 18.1 Å². The topological polar surface area (TPSA) is 81.7 Å². The highest BCUT2D eigenvalue weighted by molar-refractivity contribution is 5.77. The number of hydrogen-bond donors (Lipinski definition) is 3. The van der Waals surface area contributed by atoms with Gasteiger partial charge in [-0.05, 0) is 32.9 Å². The maximum Gasteiger partial charge on any atom is 0.315 e. The van der Waals surface area contributed by atoms with E-state index in [4.69, 9.17) is 5.11 Å². The predicted molar refractivity (Wildman–Crippen MR) is 71.0 cm³/mol. The minimum absolute atomic E-state index is 0.178. The van der Waals surface area contributed by atoms with Crippen LogP contribution in [0.4, 0.5) is 4.79 Å². The van der Waals surface area contributed by atoms with Crippen LogP contribution in [0.25, 0.3) is 0 Å². The molecule has 19 heavy (non-hydrogen) atoms. The lowest BCUT2D eigenvalue weighted by Gasteiger charge is -2.29. The fourth-order valence-corrected chi connectivity index (χ4v) is 3.05. The Balaban J connectivity index is 1.81. The summed E-state index contributed by atoms with van der Waals surface area (Å²) in [6.07, 6.45) is 4.30. The molecule has 1 saturated carbocycles. The van der Waals surface area contributed by atoms with Gasteiger partial charge in [0.2, 0.25) is 0 Å². The van der Waals surface area contributed by atoms with Crippen LogP contribution in [-0.2, 0) is 4.79 Å². The second-order valence-corrected chi connectivity index (χ2v) is 5.70. The van der Waals surface area contributed by atoms with Gasteiger partial charge in [0, 0.05) is 18.6 Å². The van der Waals surface area contributed by atoms with Gasteiger partial charge in [-0.2, -0.15) is 0 Å². The highest BCUT2D eigenvalue weighted by Gasteiger charge is 2.32. The van der Waals surface area contributed by atoms with E-state index >= 15 is 0 Å². The summed E-state index contributed by atoms with van der Waals surface area (Å²) in [6, 6.07) is -0.277. The largest absolute Gasteiger partial charge is 0.481 e. The summed E-state index contributed by atoms with van der Waals surface area (Å²) in [5.74, 6) is -1.24. The highest BCUT2D eigenvalue weighted by atomic mass is 16.4. The van der Waals surface area contributed by atoms with Gasteiger partial charge in [-0.1, -0.05) is 12.8 Å². The molecule has 0 aromatic rings. The number of carbonyl (C=O) groups is 2. The molecule has 2 rings (SSSR count). The number of carbonyl (C=O) groups excluding carboxylic acids is 1. The molecule has 0 aromatic carbocycles. The van der Waals surface area contributed by atoms with E-state index in [2.05, 4.69) is 15.5 Å². The Morgan fingerprint density at radius 1 is 1.16 bits per heavy atom. The van der Waals surface area contributed by atoms with Crippen molar-refractivity contribution in [3.05, 3.63) is 0 Å². The zero-order chi connectivity index (χ0) is 13.8. The summed E-state index contributed by atoms with van der Waals surface area (Å²) in [4.78, 5) is 25.2. The van der Waals surface area contributed by atoms with Crippen LogP contribution < -0.4 is 10.6 Å². The van der Waals surface area contributed by atoms with Crippen LogP contribution in [0.2, 0.25) is 0 Å². The fraction of sp³-hybridized carbons (Fsp3) is 0.846. The number of rotatable bonds is 3. The minimum atomic E-state index is -0.800. The second-order valence-electron chi connectivity index (χ2n) is 5.70. The number of nitrogens with one attached hydrogen (secondary N) is 2. The standard InChI is InChI=1S/C13H23N3O3/c1-16-7-6-9(8-16)14-13(19)15-11-5-3-2-4-10(11)12(17)18/h9-11H,2-8H2,1H3,(H,17,18)(H2,14,15,19). The lowest BCUT2D eigenvalue weighted by molar-refractivity contribution is -0.143. The van der Waals surface area contributed by atoms with Crippen molar-refractivity contribution in [3.8, 4) is 0 Å². The van der Waals surface area contributed by atoms with Crippen molar-refractivity contribution < 1.29 is 14.7 Å². The summed E-state index contributed by atoms with van der Waals surface area (Å²) >= 11 is 0. The monoisotopic (exact) mass is 269 g/mol. The predicted octanol–water partition coefficient (Wildman–Crippen LogP) is 0.633. The maximum atomic E-state index is 11.9. The van der Waals surface area contributed by atoms with Crippen LogP contribution in [0, 0.1) is 5.92 Å². The first-order valence-electron chi connectivity index (χ1n) is 7.04. The highest BCUT2D eigenvalue weighted by Crippen LogP contribution is 2.24. The average molecular weight is 269 g/mol. The molecule has 6 nitrogen and oxygen atoms in total. The first kappa shape index (κ1) is 14.1. The van der Waals surface area contributed by atoms with Gasteiger partial charge in [-0.3, -0.25) is 4.79 Å². The van der Waals surface area contributed by atoms with Crippen LogP contribution in [0.1, 0.15) is 32.1 Å². The summed E-state index contributed by atoms with van der Waals surface area (Å²) < 4.78 is 0. The van der Waals surface area contributed by atoms with Crippen LogP contribution in [-0.4, -0.2) is 54.2 Å². The Labute approximate surface area is 113 Å². The first-order chi connectivity index (χ1) is 9.06. The number of urea groups is 1. The molecule has 2 amide bonds. The molecule has 3 atom stereocenters. The van der Waals surface area contributed by atoms with E-state index in [0.717, 1.165) is 38.8 Å². The van der Waals surface area contributed by atoms with Crippen molar-refractivity contribution in [1.82, 2.24) is 15.5 Å². The van der Waals surface area contributed by atoms with Gasteiger partial charge >= 0.3 is 12.0 Å². The van der Waals surface area contributed by atoms with E-state index < -0.39 is 11.9 Å². The normalized spacial score (nSPS) is 31.9. The lowest BCUT2D eigenvalue weighted by atomic mass is 9.84. The third-order valence-electron chi connectivity index (χ3n) is 4.13. The molecule has 6 heteroatoms. The van der Waals surface area contributed by atoms with Gasteiger partial charge in [-0.25, -0.2) is 4.79 Å². The number of aliphatic carboxylic acids is 1. The molecule has 3 unspecified atom stereocenters. The van der Waals surface area contributed by atoms with Gasteiger partial charge in [-0.15, -0.1) is 0 Å². The molecular formula is C13H23N3O3. The molecule has 3 N–H and O–H groups in total. The van der Waals surface area contributed by atoms with Gasteiger partial charge in [0.1, 0.15) is 0 Å². The molecule has 108 valence electrons. The first-order valence-corrected chi connectivity index (χ1v) is 7.04. The molecule has 2 fully saturated rings. The number of carboxylic acid groups (broad SMARTS) is 1. The Hall–Kier alpha value is -1.30. The molecule has 0 radical (unpaired) electrons. The van der Waals surface area contributed by atoms with Crippen LogP contribution in [0.5, 0.6) is 0 Å². The number of likely N-dealkylation sites (N-methyl/N-ethyl adjacent to an activating group) is 1.